The molecule has 0 N–H and O–H groups in total. The van der Waals surface area contributed by atoms with Crippen LogP contribution in [0.5, 0.6) is 5.75 Å². The van der Waals surface area contributed by atoms with Crippen molar-refractivity contribution in [2.45, 2.75) is 6.92 Å². The molecule has 0 bridgehead atoms. The van der Waals surface area contributed by atoms with E-state index in [-0.39, 0.29) is 0 Å². The molecule has 0 spiro atoms. The van der Waals surface area contributed by atoms with Gasteiger partial charge in [0.15, 0.2) is 0 Å². The molecule has 2 aromatic rings. The minimum Gasteiger partial charge on any atom is -0.496 e. The maximum atomic E-state index is 6.11. The zero-order valence-corrected chi connectivity index (χ0v) is 9.95. The van der Waals surface area contributed by atoms with Crippen molar-refractivity contribution in [3.63, 3.8) is 0 Å². The summed E-state index contributed by atoms with van der Waals surface area (Å²) in [6.45, 7) is 2.01. The van der Waals surface area contributed by atoms with E-state index in [0.29, 0.717) is 5.02 Å². The summed E-state index contributed by atoms with van der Waals surface area (Å²) >= 11 is 6.11. The first-order chi connectivity index (χ1) is 7.72. The Morgan fingerprint density at radius 3 is 2.69 bits per heavy atom. The van der Waals surface area contributed by atoms with Gasteiger partial charge in [0.2, 0.25) is 0 Å². The molecule has 0 unspecified atom stereocenters. The van der Waals surface area contributed by atoms with Crippen LogP contribution in [-0.4, -0.2) is 12.1 Å². The maximum Gasteiger partial charge on any atom is 0.121 e. The number of hydrogen-bond acceptors (Lipinski definition) is 2. The Hall–Kier alpha value is -1.54. The molecule has 0 aliphatic heterocycles. The normalized spacial score (nSPS) is 10.2. The predicted molar refractivity (Wildman–Crippen MR) is 66.0 cm³/mol. The van der Waals surface area contributed by atoms with E-state index in [1.807, 2.05) is 25.1 Å². The number of rotatable bonds is 2. The number of hydrogen-bond donors (Lipinski definition) is 0. The van der Waals surface area contributed by atoms with Crippen LogP contribution in [0.25, 0.3) is 11.1 Å². The van der Waals surface area contributed by atoms with Crippen molar-refractivity contribution in [3.05, 3.63) is 47.2 Å². The van der Waals surface area contributed by atoms with Gasteiger partial charge in [-0.2, -0.15) is 0 Å². The Morgan fingerprint density at radius 2 is 2.06 bits per heavy atom. The van der Waals surface area contributed by atoms with Crippen molar-refractivity contribution in [2.75, 3.05) is 7.11 Å². The summed E-state index contributed by atoms with van der Waals surface area (Å²) in [5.74, 6) is 0.878. The summed E-state index contributed by atoms with van der Waals surface area (Å²) in [5, 5.41) is 0.708. The van der Waals surface area contributed by atoms with Crippen LogP contribution in [0.4, 0.5) is 0 Å². The fourth-order valence-electron chi connectivity index (χ4n) is 1.64. The number of aromatic nitrogens is 1. The maximum absolute atomic E-state index is 6.11. The average Bonchev–Trinajstić information content (AvgIpc) is 2.29. The fraction of sp³-hybridized carbons (Fsp3) is 0.154. The second-order valence-electron chi connectivity index (χ2n) is 3.54. The molecule has 3 heteroatoms. The third-order valence-electron chi connectivity index (χ3n) is 2.47. The van der Waals surface area contributed by atoms with Crippen molar-refractivity contribution in [1.82, 2.24) is 4.98 Å². The molecular formula is C13H12ClNO. The molecule has 0 amide bonds. The van der Waals surface area contributed by atoms with Gasteiger partial charge in [-0.05, 0) is 36.2 Å². The van der Waals surface area contributed by atoms with Crippen LogP contribution in [0.15, 0.2) is 36.7 Å². The summed E-state index contributed by atoms with van der Waals surface area (Å²) < 4.78 is 5.22. The third kappa shape index (κ3) is 2.02. The zero-order chi connectivity index (χ0) is 11.5. The molecule has 0 atom stereocenters. The van der Waals surface area contributed by atoms with Crippen molar-refractivity contribution >= 4 is 11.6 Å². The molecule has 82 valence electrons. The number of aryl methyl sites for hydroxylation is 1. The molecule has 0 saturated heterocycles. The zero-order valence-electron chi connectivity index (χ0n) is 9.20. The van der Waals surface area contributed by atoms with Gasteiger partial charge in [-0.15, -0.1) is 0 Å². The topological polar surface area (TPSA) is 22.1 Å². The first kappa shape index (κ1) is 11.0. The van der Waals surface area contributed by atoms with Gasteiger partial charge in [0, 0.05) is 18.0 Å². The largest absolute Gasteiger partial charge is 0.496 e. The molecule has 0 fully saturated rings. The van der Waals surface area contributed by atoms with Gasteiger partial charge in [-0.3, -0.25) is 4.98 Å². The minimum atomic E-state index is 0.708. The molecule has 16 heavy (non-hydrogen) atoms. The van der Waals surface area contributed by atoms with Crippen molar-refractivity contribution < 1.29 is 4.74 Å². The van der Waals surface area contributed by atoms with E-state index in [9.17, 15) is 0 Å². The van der Waals surface area contributed by atoms with E-state index < -0.39 is 0 Å². The highest BCUT2D eigenvalue weighted by molar-refractivity contribution is 6.33. The number of ether oxygens (including phenoxy) is 1. The van der Waals surface area contributed by atoms with Crippen LogP contribution in [0, 0.1) is 6.92 Å². The van der Waals surface area contributed by atoms with Crippen LogP contribution in [0.2, 0.25) is 5.02 Å². The van der Waals surface area contributed by atoms with Crippen molar-refractivity contribution in [3.8, 4) is 16.9 Å². The fourth-order valence-corrected chi connectivity index (χ4v) is 1.85. The highest BCUT2D eigenvalue weighted by Crippen LogP contribution is 2.30. The smallest absolute Gasteiger partial charge is 0.121 e. The summed E-state index contributed by atoms with van der Waals surface area (Å²) in [6, 6.07) is 7.75. The lowest BCUT2D eigenvalue weighted by Gasteiger charge is -2.08. The lowest BCUT2D eigenvalue weighted by molar-refractivity contribution is 0.412. The number of benzene rings is 1. The van der Waals surface area contributed by atoms with Crippen LogP contribution < -0.4 is 4.74 Å². The van der Waals surface area contributed by atoms with Gasteiger partial charge in [-0.1, -0.05) is 17.7 Å². The molecule has 2 rings (SSSR count). The van der Waals surface area contributed by atoms with Crippen LogP contribution in [0.3, 0.4) is 0 Å². The Morgan fingerprint density at radius 1 is 1.25 bits per heavy atom. The lowest BCUT2D eigenvalue weighted by atomic mass is 10.0. The second-order valence-corrected chi connectivity index (χ2v) is 3.95. The van der Waals surface area contributed by atoms with E-state index in [1.54, 1.807) is 25.6 Å². The molecular weight excluding hydrogens is 222 g/mol. The lowest BCUT2D eigenvalue weighted by Crippen LogP contribution is -1.88. The number of halogens is 1. The van der Waals surface area contributed by atoms with Gasteiger partial charge in [0.25, 0.3) is 0 Å². The average molecular weight is 234 g/mol. The Bertz CT molecular complexity index is 511. The van der Waals surface area contributed by atoms with E-state index in [4.69, 9.17) is 16.3 Å². The quantitative estimate of drug-likeness (QED) is 0.789. The van der Waals surface area contributed by atoms with E-state index in [2.05, 4.69) is 4.98 Å². The van der Waals surface area contributed by atoms with E-state index >= 15 is 0 Å². The molecule has 0 aliphatic carbocycles. The first-order valence-electron chi connectivity index (χ1n) is 4.97. The van der Waals surface area contributed by atoms with Gasteiger partial charge < -0.3 is 4.74 Å². The standard InChI is InChI=1S/C13H12ClNO/c1-9-7-10(3-4-13(9)16-2)11-8-15-6-5-12(11)14/h3-8H,1-2H3. The van der Waals surface area contributed by atoms with Crippen LogP contribution >= 0.6 is 11.6 Å². The highest BCUT2D eigenvalue weighted by atomic mass is 35.5. The predicted octanol–water partition coefficient (Wildman–Crippen LogP) is 3.72. The van der Waals surface area contributed by atoms with Gasteiger partial charge >= 0.3 is 0 Å². The van der Waals surface area contributed by atoms with Crippen molar-refractivity contribution in [1.29, 1.82) is 0 Å². The molecule has 0 aliphatic rings. The van der Waals surface area contributed by atoms with E-state index in [0.717, 1.165) is 22.4 Å². The summed E-state index contributed by atoms with van der Waals surface area (Å²) in [4.78, 5) is 4.08. The Kier molecular flexibility index (Phi) is 3.11. The molecule has 1 aromatic heterocycles. The Labute approximate surface area is 99.9 Å². The first-order valence-corrected chi connectivity index (χ1v) is 5.34. The van der Waals surface area contributed by atoms with Crippen molar-refractivity contribution in [2.24, 2.45) is 0 Å². The summed E-state index contributed by atoms with van der Waals surface area (Å²) in [7, 11) is 1.67. The third-order valence-corrected chi connectivity index (χ3v) is 2.80. The van der Waals surface area contributed by atoms with Gasteiger partial charge in [0.1, 0.15) is 5.75 Å². The Balaban J connectivity index is 2.50. The number of methoxy groups -OCH3 is 1. The van der Waals surface area contributed by atoms with E-state index in [1.165, 1.54) is 0 Å². The molecule has 2 nitrogen and oxygen atoms in total. The number of nitrogens with zero attached hydrogens (tertiary/aromatic N) is 1. The monoisotopic (exact) mass is 233 g/mol. The molecule has 0 radical (unpaired) electrons. The SMILES string of the molecule is COc1ccc(-c2cnccc2Cl)cc1C. The number of pyridine rings is 1. The molecule has 1 heterocycles. The van der Waals surface area contributed by atoms with Gasteiger partial charge in [-0.25, -0.2) is 0 Å². The second kappa shape index (κ2) is 4.54. The molecule has 0 saturated carbocycles. The highest BCUT2D eigenvalue weighted by Gasteiger charge is 2.05. The van der Waals surface area contributed by atoms with Crippen LogP contribution in [-0.2, 0) is 0 Å². The van der Waals surface area contributed by atoms with Gasteiger partial charge in [0.05, 0.1) is 12.1 Å². The minimum absolute atomic E-state index is 0.708. The summed E-state index contributed by atoms with van der Waals surface area (Å²) in [6.07, 6.45) is 3.45. The summed E-state index contributed by atoms with van der Waals surface area (Å²) in [5.41, 5.74) is 3.08. The van der Waals surface area contributed by atoms with Crippen LogP contribution in [0.1, 0.15) is 5.56 Å². The molecule has 1 aromatic carbocycles.